The molecular formula is C25H33NO5. The van der Waals surface area contributed by atoms with Gasteiger partial charge in [0.2, 0.25) is 5.91 Å². The zero-order valence-corrected chi connectivity index (χ0v) is 19.1. The normalized spacial score (nSPS) is 10.7. The summed E-state index contributed by atoms with van der Waals surface area (Å²) in [6.45, 7) is 10.5. The molecule has 0 radical (unpaired) electrons. The van der Waals surface area contributed by atoms with E-state index in [9.17, 15) is 4.79 Å². The maximum absolute atomic E-state index is 12.8. The van der Waals surface area contributed by atoms with Crippen LogP contribution in [0.2, 0.25) is 0 Å². The summed E-state index contributed by atoms with van der Waals surface area (Å²) in [4.78, 5) is 14.6. The van der Waals surface area contributed by atoms with Crippen molar-refractivity contribution in [2.75, 3.05) is 33.5 Å². The number of carbonyl (C=O) groups excluding carboxylic acids is 1. The van der Waals surface area contributed by atoms with Crippen LogP contribution in [0.25, 0.3) is 6.08 Å². The highest BCUT2D eigenvalue weighted by molar-refractivity contribution is 5.91. The van der Waals surface area contributed by atoms with Crippen LogP contribution in [0.4, 0.5) is 0 Å². The predicted octanol–water partition coefficient (Wildman–Crippen LogP) is 4.95. The van der Waals surface area contributed by atoms with E-state index in [0.29, 0.717) is 55.9 Å². The molecule has 0 aromatic heterocycles. The highest BCUT2D eigenvalue weighted by Crippen LogP contribution is 2.30. The molecule has 0 aliphatic heterocycles. The van der Waals surface area contributed by atoms with Crippen LogP contribution < -0.4 is 18.9 Å². The third-order valence-corrected chi connectivity index (χ3v) is 4.58. The zero-order valence-electron chi connectivity index (χ0n) is 19.1. The van der Waals surface area contributed by atoms with Gasteiger partial charge in [0.15, 0.2) is 23.0 Å². The van der Waals surface area contributed by atoms with Crippen LogP contribution in [0.15, 0.2) is 42.5 Å². The predicted molar refractivity (Wildman–Crippen MR) is 123 cm³/mol. The number of methoxy groups -OCH3 is 1. The Morgan fingerprint density at radius 2 is 1.45 bits per heavy atom. The summed E-state index contributed by atoms with van der Waals surface area (Å²) in [6, 6.07) is 11.4. The second-order valence-corrected chi connectivity index (χ2v) is 6.68. The molecule has 168 valence electrons. The van der Waals surface area contributed by atoms with Crippen LogP contribution in [0.3, 0.4) is 0 Å². The summed E-state index contributed by atoms with van der Waals surface area (Å²) in [5.41, 5.74) is 1.85. The number of likely N-dealkylation sites (N-methyl/N-ethyl adjacent to an activating group) is 1. The van der Waals surface area contributed by atoms with Gasteiger partial charge in [0, 0.05) is 19.2 Å². The lowest BCUT2D eigenvalue weighted by Crippen LogP contribution is -2.28. The molecule has 0 heterocycles. The Hall–Kier alpha value is -3.15. The lowest BCUT2D eigenvalue weighted by Gasteiger charge is -2.20. The van der Waals surface area contributed by atoms with Crippen molar-refractivity contribution in [1.29, 1.82) is 0 Å². The van der Waals surface area contributed by atoms with Crippen LogP contribution in [0, 0.1) is 0 Å². The molecule has 2 rings (SSSR count). The lowest BCUT2D eigenvalue weighted by atomic mass is 10.1. The van der Waals surface area contributed by atoms with Gasteiger partial charge < -0.3 is 23.8 Å². The van der Waals surface area contributed by atoms with E-state index in [0.717, 1.165) is 11.1 Å². The number of rotatable bonds is 12. The standard InChI is InChI=1S/C25H33NO5/c1-6-26(18-20-11-14-21(29-7-2)23(17-20)28-5)25(27)15-12-19-10-13-22(30-8-3)24(16-19)31-9-4/h10-17H,6-9,18H2,1-5H3/b15-12+. The van der Waals surface area contributed by atoms with E-state index in [1.165, 1.54) is 0 Å². The number of hydrogen-bond donors (Lipinski definition) is 0. The first-order valence-corrected chi connectivity index (χ1v) is 10.7. The van der Waals surface area contributed by atoms with Gasteiger partial charge in [-0.3, -0.25) is 4.79 Å². The summed E-state index contributed by atoms with van der Waals surface area (Å²) in [7, 11) is 1.61. The van der Waals surface area contributed by atoms with E-state index in [1.807, 2.05) is 64.1 Å². The van der Waals surface area contributed by atoms with Crippen LogP contribution in [0.1, 0.15) is 38.8 Å². The second kappa shape index (κ2) is 12.5. The molecule has 0 unspecified atom stereocenters. The van der Waals surface area contributed by atoms with Gasteiger partial charge in [0.05, 0.1) is 26.9 Å². The van der Waals surface area contributed by atoms with Gasteiger partial charge in [-0.1, -0.05) is 12.1 Å². The maximum atomic E-state index is 12.8. The van der Waals surface area contributed by atoms with Gasteiger partial charge in [-0.05, 0) is 69.2 Å². The van der Waals surface area contributed by atoms with Crippen molar-refractivity contribution < 1.29 is 23.7 Å². The molecule has 0 atom stereocenters. The number of ether oxygens (including phenoxy) is 4. The minimum absolute atomic E-state index is 0.0674. The quantitative estimate of drug-likeness (QED) is 0.449. The summed E-state index contributed by atoms with van der Waals surface area (Å²) in [5.74, 6) is 2.67. The fourth-order valence-corrected chi connectivity index (χ4v) is 3.10. The van der Waals surface area contributed by atoms with Crippen molar-refractivity contribution >= 4 is 12.0 Å². The highest BCUT2D eigenvalue weighted by atomic mass is 16.5. The molecule has 0 N–H and O–H groups in total. The van der Waals surface area contributed by atoms with Gasteiger partial charge in [-0.15, -0.1) is 0 Å². The lowest BCUT2D eigenvalue weighted by molar-refractivity contribution is -0.126. The topological polar surface area (TPSA) is 57.2 Å². The third-order valence-electron chi connectivity index (χ3n) is 4.58. The minimum Gasteiger partial charge on any atom is -0.493 e. The largest absolute Gasteiger partial charge is 0.493 e. The molecule has 6 nitrogen and oxygen atoms in total. The second-order valence-electron chi connectivity index (χ2n) is 6.68. The molecule has 0 saturated carbocycles. The number of carbonyl (C=O) groups is 1. The van der Waals surface area contributed by atoms with Crippen LogP contribution in [0.5, 0.6) is 23.0 Å². The van der Waals surface area contributed by atoms with Crippen molar-refractivity contribution in [1.82, 2.24) is 4.90 Å². The Bertz CT molecular complexity index is 878. The average Bonchev–Trinajstić information content (AvgIpc) is 2.78. The Morgan fingerprint density at radius 3 is 2.06 bits per heavy atom. The third kappa shape index (κ3) is 6.95. The van der Waals surface area contributed by atoms with Gasteiger partial charge in [0.1, 0.15) is 0 Å². The van der Waals surface area contributed by atoms with Crippen molar-refractivity contribution in [3.63, 3.8) is 0 Å². The molecule has 0 bridgehead atoms. The van der Waals surface area contributed by atoms with Gasteiger partial charge >= 0.3 is 0 Å². The SMILES string of the molecule is CCOc1ccc(CN(CC)C(=O)/C=C/c2ccc(OCC)c(OCC)c2)cc1OC. The maximum Gasteiger partial charge on any atom is 0.246 e. The Morgan fingerprint density at radius 1 is 0.839 bits per heavy atom. The average molecular weight is 428 g/mol. The van der Waals surface area contributed by atoms with E-state index in [2.05, 4.69) is 0 Å². The molecule has 1 amide bonds. The molecule has 2 aromatic carbocycles. The molecule has 6 heteroatoms. The van der Waals surface area contributed by atoms with Gasteiger partial charge in [-0.2, -0.15) is 0 Å². The van der Waals surface area contributed by atoms with Crippen molar-refractivity contribution in [3.8, 4) is 23.0 Å². The summed E-state index contributed by atoms with van der Waals surface area (Å²) >= 11 is 0. The molecule has 31 heavy (non-hydrogen) atoms. The summed E-state index contributed by atoms with van der Waals surface area (Å²) in [6.07, 6.45) is 3.38. The summed E-state index contributed by atoms with van der Waals surface area (Å²) in [5, 5.41) is 0. The monoisotopic (exact) mass is 427 g/mol. The number of hydrogen-bond acceptors (Lipinski definition) is 5. The molecular weight excluding hydrogens is 394 g/mol. The smallest absolute Gasteiger partial charge is 0.246 e. The number of nitrogens with zero attached hydrogens (tertiary/aromatic N) is 1. The molecule has 0 spiro atoms. The van der Waals surface area contributed by atoms with E-state index in [4.69, 9.17) is 18.9 Å². The molecule has 2 aromatic rings. The van der Waals surface area contributed by atoms with Crippen molar-refractivity contribution in [3.05, 3.63) is 53.6 Å². The molecule has 0 aliphatic carbocycles. The number of amides is 1. The molecule has 0 saturated heterocycles. The van der Waals surface area contributed by atoms with Crippen LogP contribution in [-0.2, 0) is 11.3 Å². The molecule has 0 fully saturated rings. The van der Waals surface area contributed by atoms with E-state index < -0.39 is 0 Å². The first-order chi connectivity index (χ1) is 15.1. The van der Waals surface area contributed by atoms with E-state index >= 15 is 0 Å². The Kier molecular flexibility index (Phi) is 9.75. The minimum atomic E-state index is -0.0674. The number of benzene rings is 2. The Labute approximate surface area is 185 Å². The van der Waals surface area contributed by atoms with Crippen molar-refractivity contribution in [2.24, 2.45) is 0 Å². The van der Waals surface area contributed by atoms with Crippen molar-refractivity contribution in [2.45, 2.75) is 34.2 Å². The van der Waals surface area contributed by atoms with E-state index in [1.54, 1.807) is 24.2 Å². The fourth-order valence-electron chi connectivity index (χ4n) is 3.10. The van der Waals surface area contributed by atoms with E-state index in [-0.39, 0.29) is 5.91 Å². The fraction of sp³-hybridized carbons (Fsp3) is 0.400. The van der Waals surface area contributed by atoms with Crippen LogP contribution in [-0.4, -0.2) is 44.3 Å². The Balaban J connectivity index is 2.12. The summed E-state index contributed by atoms with van der Waals surface area (Å²) < 4.78 is 22.2. The van der Waals surface area contributed by atoms with Gasteiger partial charge in [0.25, 0.3) is 0 Å². The molecule has 0 aliphatic rings. The first-order valence-electron chi connectivity index (χ1n) is 10.7. The van der Waals surface area contributed by atoms with Crippen LogP contribution >= 0.6 is 0 Å². The highest BCUT2D eigenvalue weighted by Gasteiger charge is 2.12. The zero-order chi connectivity index (χ0) is 22.6. The van der Waals surface area contributed by atoms with Gasteiger partial charge in [-0.25, -0.2) is 0 Å². The first kappa shape index (κ1) is 24.1.